The van der Waals surface area contributed by atoms with Gasteiger partial charge in [-0.1, -0.05) is 12.1 Å². The lowest BCUT2D eigenvalue weighted by Gasteiger charge is -2.34. The number of likely N-dealkylation sites (N-methyl/N-ethyl adjacent to an activating group) is 1. The Morgan fingerprint density at radius 3 is 2.25 bits per heavy atom. The molecule has 0 N–H and O–H groups in total. The zero-order valence-corrected chi connectivity index (χ0v) is 11.8. The maximum absolute atomic E-state index is 12.4. The van der Waals surface area contributed by atoms with Gasteiger partial charge in [-0.2, -0.15) is 0 Å². The Labute approximate surface area is 118 Å². The Bertz CT molecular complexity index is 493. The molecule has 0 bridgehead atoms. The molecule has 1 amide bonds. The smallest absolute Gasteiger partial charge is 0.269 e. The molecule has 6 nitrogen and oxygen atoms in total. The van der Waals surface area contributed by atoms with Crippen LogP contribution in [0.2, 0.25) is 0 Å². The molecule has 108 valence electrons. The maximum atomic E-state index is 12.4. The van der Waals surface area contributed by atoms with Gasteiger partial charge < -0.3 is 9.80 Å². The summed E-state index contributed by atoms with van der Waals surface area (Å²) in [7, 11) is 2.04. The van der Waals surface area contributed by atoms with E-state index >= 15 is 0 Å². The Morgan fingerprint density at radius 1 is 1.20 bits per heavy atom. The lowest BCUT2D eigenvalue weighted by molar-refractivity contribution is -0.384. The van der Waals surface area contributed by atoms with Crippen LogP contribution in [0, 0.1) is 10.1 Å². The summed E-state index contributed by atoms with van der Waals surface area (Å²) in [6.45, 7) is 5.11. The normalized spacial score (nSPS) is 17.8. The number of rotatable bonds is 3. The zero-order chi connectivity index (χ0) is 14.7. The second-order valence-electron chi connectivity index (χ2n) is 5.20. The van der Waals surface area contributed by atoms with Gasteiger partial charge in [-0.25, -0.2) is 0 Å². The van der Waals surface area contributed by atoms with E-state index < -0.39 is 4.92 Å². The minimum Gasteiger partial charge on any atom is -0.340 e. The number of carbonyl (C=O) groups is 1. The second-order valence-corrected chi connectivity index (χ2v) is 5.20. The molecular weight excluding hydrogens is 258 g/mol. The first kappa shape index (κ1) is 14.5. The van der Waals surface area contributed by atoms with Crippen LogP contribution in [0.3, 0.4) is 0 Å². The SMILES string of the molecule is C[C@@H](C(=O)N1CCN(C)CC1)c1ccc([N+](=O)[O-])cc1. The van der Waals surface area contributed by atoms with Crippen molar-refractivity contribution in [2.45, 2.75) is 12.8 Å². The highest BCUT2D eigenvalue weighted by atomic mass is 16.6. The van der Waals surface area contributed by atoms with Crippen LogP contribution in [0.5, 0.6) is 0 Å². The molecule has 2 rings (SSSR count). The van der Waals surface area contributed by atoms with E-state index in [2.05, 4.69) is 4.90 Å². The average molecular weight is 277 g/mol. The average Bonchev–Trinajstić information content (AvgIpc) is 2.46. The quantitative estimate of drug-likeness (QED) is 0.620. The summed E-state index contributed by atoms with van der Waals surface area (Å²) >= 11 is 0. The van der Waals surface area contributed by atoms with Crippen LogP contribution >= 0.6 is 0 Å². The van der Waals surface area contributed by atoms with Gasteiger partial charge >= 0.3 is 0 Å². The Morgan fingerprint density at radius 2 is 1.75 bits per heavy atom. The summed E-state index contributed by atoms with van der Waals surface area (Å²) in [5, 5.41) is 10.6. The third kappa shape index (κ3) is 3.14. The van der Waals surface area contributed by atoms with Gasteiger partial charge in [0.1, 0.15) is 0 Å². The van der Waals surface area contributed by atoms with E-state index in [1.54, 1.807) is 12.1 Å². The highest BCUT2D eigenvalue weighted by Gasteiger charge is 2.24. The number of nitro groups is 1. The molecule has 0 spiro atoms. The third-order valence-corrected chi connectivity index (χ3v) is 3.79. The summed E-state index contributed by atoms with van der Waals surface area (Å²) in [6, 6.07) is 6.22. The van der Waals surface area contributed by atoms with E-state index in [4.69, 9.17) is 0 Å². The number of hydrogen-bond acceptors (Lipinski definition) is 4. The summed E-state index contributed by atoms with van der Waals surface area (Å²) in [4.78, 5) is 26.6. The van der Waals surface area contributed by atoms with E-state index in [1.807, 2.05) is 18.9 Å². The van der Waals surface area contributed by atoms with E-state index in [0.29, 0.717) is 0 Å². The zero-order valence-electron chi connectivity index (χ0n) is 11.8. The number of carbonyl (C=O) groups excluding carboxylic acids is 1. The number of non-ortho nitro benzene ring substituents is 1. The van der Waals surface area contributed by atoms with Gasteiger partial charge in [0.2, 0.25) is 5.91 Å². The van der Waals surface area contributed by atoms with Crippen LogP contribution in [-0.4, -0.2) is 53.9 Å². The van der Waals surface area contributed by atoms with E-state index in [0.717, 1.165) is 31.7 Å². The standard InChI is InChI=1S/C14H19N3O3/c1-11(12-3-5-13(6-4-12)17(19)20)14(18)16-9-7-15(2)8-10-16/h3-6,11H,7-10H2,1-2H3/t11-/m1/s1. The molecule has 1 aliphatic rings. The second kappa shape index (κ2) is 6.00. The van der Waals surface area contributed by atoms with Crippen LogP contribution in [0.15, 0.2) is 24.3 Å². The van der Waals surface area contributed by atoms with Crippen molar-refractivity contribution in [3.63, 3.8) is 0 Å². The molecule has 0 aliphatic carbocycles. The first-order valence-electron chi connectivity index (χ1n) is 6.70. The van der Waals surface area contributed by atoms with Crippen molar-refractivity contribution in [2.75, 3.05) is 33.2 Å². The number of nitro benzene ring substituents is 1. The van der Waals surface area contributed by atoms with Gasteiger partial charge in [-0.05, 0) is 19.5 Å². The van der Waals surface area contributed by atoms with Crippen molar-refractivity contribution in [1.29, 1.82) is 0 Å². The highest BCUT2D eigenvalue weighted by Crippen LogP contribution is 2.21. The lowest BCUT2D eigenvalue weighted by atomic mass is 9.99. The van der Waals surface area contributed by atoms with Crippen molar-refractivity contribution < 1.29 is 9.72 Å². The fourth-order valence-electron chi connectivity index (χ4n) is 2.33. The summed E-state index contributed by atoms with van der Waals surface area (Å²) < 4.78 is 0. The molecule has 1 heterocycles. The van der Waals surface area contributed by atoms with E-state index in [1.165, 1.54) is 12.1 Å². The van der Waals surface area contributed by atoms with Gasteiger partial charge in [-0.15, -0.1) is 0 Å². The molecule has 1 atom stereocenters. The summed E-state index contributed by atoms with van der Waals surface area (Å²) in [5.74, 6) is -0.175. The van der Waals surface area contributed by atoms with Gasteiger partial charge in [0.15, 0.2) is 0 Å². The topological polar surface area (TPSA) is 66.7 Å². The molecule has 0 unspecified atom stereocenters. The van der Waals surface area contributed by atoms with Crippen LogP contribution in [0.25, 0.3) is 0 Å². The van der Waals surface area contributed by atoms with Crippen LogP contribution < -0.4 is 0 Å². The van der Waals surface area contributed by atoms with Gasteiger partial charge in [0, 0.05) is 38.3 Å². The predicted molar refractivity (Wildman–Crippen MR) is 75.6 cm³/mol. The molecular formula is C14H19N3O3. The first-order valence-corrected chi connectivity index (χ1v) is 6.70. The molecule has 1 aromatic rings. The van der Waals surface area contributed by atoms with Crippen molar-refractivity contribution in [1.82, 2.24) is 9.80 Å². The maximum Gasteiger partial charge on any atom is 0.269 e. The Kier molecular flexibility index (Phi) is 4.34. The largest absolute Gasteiger partial charge is 0.340 e. The number of piperazine rings is 1. The number of nitrogens with zero attached hydrogens (tertiary/aromatic N) is 3. The van der Waals surface area contributed by atoms with Crippen LogP contribution in [-0.2, 0) is 4.79 Å². The van der Waals surface area contributed by atoms with E-state index in [9.17, 15) is 14.9 Å². The Hall–Kier alpha value is -1.95. The van der Waals surface area contributed by atoms with Crippen molar-refractivity contribution >= 4 is 11.6 Å². The monoisotopic (exact) mass is 277 g/mol. The highest BCUT2D eigenvalue weighted by molar-refractivity contribution is 5.83. The van der Waals surface area contributed by atoms with Gasteiger partial charge in [0.25, 0.3) is 5.69 Å². The van der Waals surface area contributed by atoms with E-state index in [-0.39, 0.29) is 17.5 Å². The summed E-state index contributed by atoms with van der Waals surface area (Å²) in [5.41, 5.74) is 0.868. The Balaban J connectivity index is 2.04. The third-order valence-electron chi connectivity index (χ3n) is 3.79. The van der Waals surface area contributed by atoms with Crippen LogP contribution in [0.1, 0.15) is 18.4 Å². The summed E-state index contributed by atoms with van der Waals surface area (Å²) in [6.07, 6.45) is 0. The fourth-order valence-corrected chi connectivity index (χ4v) is 2.33. The minimum atomic E-state index is -0.434. The molecule has 6 heteroatoms. The van der Waals surface area contributed by atoms with Gasteiger partial charge in [-0.3, -0.25) is 14.9 Å². The fraction of sp³-hybridized carbons (Fsp3) is 0.500. The van der Waals surface area contributed by atoms with Gasteiger partial charge in [0.05, 0.1) is 10.8 Å². The number of hydrogen-bond donors (Lipinski definition) is 0. The molecule has 1 saturated heterocycles. The minimum absolute atomic E-state index is 0.0491. The number of amides is 1. The van der Waals surface area contributed by atoms with Crippen molar-refractivity contribution in [3.8, 4) is 0 Å². The molecule has 20 heavy (non-hydrogen) atoms. The molecule has 1 aliphatic heterocycles. The lowest BCUT2D eigenvalue weighted by Crippen LogP contribution is -2.48. The molecule has 0 saturated carbocycles. The molecule has 0 radical (unpaired) electrons. The predicted octanol–water partition coefficient (Wildman–Crippen LogP) is 1.47. The van der Waals surface area contributed by atoms with Crippen molar-refractivity contribution in [2.24, 2.45) is 0 Å². The molecule has 1 aromatic carbocycles. The van der Waals surface area contributed by atoms with Crippen molar-refractivity contribution in [3.05, 3.63) is 39.9 Å². The molecule has 0 aromatic heterocycles. The number of benzene rings is 1. The molecule has 1 fully saturated rings. The van der Waals surface area contributed by atoms with Crippen LogP contribution in [0.4, 0.5) is 5.69 Å². The first-order chi connectivity index (χ1) is 9.49.